The van der Waals surface area contributed by atoms with Crippen molar-refractivity contribution >= 4 is 8.07 Å². The summed E-state index contributed by atoms with van der Waals surface area (Å²) in [5.41, 5.74) is 0. The number of hydrogen-bond acceptors (Lipinski definition) is 1. The van der Waals surface area contributed by atoms with Gasteiger partial charge in [-0.15, -0.1) is 0 Å². The van der Waals surface area contributed by atoms with Crippen LogP contribution in [0.3, 0.4) is 0 Å². The first kappa shape index (κ1) is 9.71. The van der Waals surface area contributed by atoms with E-state index in [-0.39, 0.29) is 0 Å². The molecule has 1 nitrogen and oxygen atoms in total. The van der Waals surface area contributed by atoms with E-state index in [1.807, 2.05) is 0 Å². The van der Waals surface area contributed by atoms with Crippen molar-refractivity contribution in [3.05, 3.63) is 0 Å². The number of rotatable bonds is 4. The lowest BCUT2D eigenvalue weighted by atomic mass is 10.3. The minimum Gasteiger partial charge on any atom is -0.198 e. The van der Waals surface area contributed by atoms with Crippen LogP contribution < -0.4 is 0 Å². The lowest BCUT2D eigenvalue weighted by Crippen LogP contribution is -2.18. The summed E-state index contributed by atoms with van der Waals surface area (Å²) >= 11 is 0. The highest BCUT2D eigenvalue weighted by molar-refractivity contribution is 6.76. The third-order valence-corrected chi connectivity index (χ3v) is 3.32. The summed E-state index contributed by atoms with van der Waals surface area (Å²) in [6.45, 7) is 7.12. The molecule has 0 aliphatic rings. The molecule has 10 heavy (non-hydrogen) atoms. The molecule has 2 heteroatoms. The largest absolute Gasteiger partial charge is 0.198 e. The highest BCUT2D eigenvalue weighted by Crippen LogP contribution is 2.13. The molecule has 0 N–H and O–H groups in total. The van der Waals surface area contributed by atoms with Crippen molar-refractivity contribution in [1.29, 1.82) is 5.26 Å². The third-order valence-electron chi connectivity index (χ3n) is 1.47. The molecule has 0 aromatic heterocycles. The van der Waals surface area contributed by atoms with E-state index in [0.29, 0.717) is 0 Å². The van der Waals surface area contributed by atoms with Crippen LogP contribution in [0.2, 0.25) is 25.7 Å². The predicted octanol–water partition coefficient (Wildman–Crippen LogP) is 3.02. The van der Waals surface area contributed by atoms with Crippen LogP contribution in [0.1, 0.15) is 19.3 Å². The fourth-order valence-corrected chi connectivity index (χ4v) is 2.17. The Kier molecular flexibility index (Phi) is 4.38. The second-order valence-electron chi connectivity index (χ2n) is 3.93. The van der Waals surface area contributed by atoms with E-state index in [4.69, 9.17) is 5.26 Å². The minimum absolute atomic E-state index is 0.741. The van der Waals surface area contributed by atoms with Gasteiger partial charge in [-0.3, -0.25) is 0 Å². The normalized spacial score (nSPS) is 11.0. The lowest BCUT2D eigenvalue weighted by Gasteiger charge is -2.13. The van der Waals surface area contributed by atoms with Crippen LogP contribution in [0.4, 0.5) is 0 Å². The molecule has 0 saturated heterocycles. The monoisotopic (exact) mass is 155 g/mol. The lowest BCUT2D eigenvalue weighted by molar-refractivity contribution is 0.810. The van der Waals surface area contributed by atoms with Gasteiger partial charge in [0, 0.05) is 14.5 Å². The number of nitrogens with zero attached hydrogens (tertiary/aromatic N) is 1. The van der Waals surface area contributed by atoms with Gasteiger partial charge in [0.05, 0.1) is 6.07 Å². The van der Waals surface area contributed by atoms with Crippen LogP contribution in [0.5, 0.6) is 0 Å². The molecular weight excluding hydrogens is 138 g/mol. The Bertz CT molecular complexity index is 118. The van der Waals surface area contributed by atoms with E-state index in [1.165, 1.54) is 12.5 Å². The topological polar surface area (TPSA) is 23.8 Å². The molecule has 0 aliphatic carbocycles. The van der Waals surface area contributed by atoms with E-state index in [1.54, 1.807) is 0 Å². The molecule has 0 unspecified atom stereocenters. The van der Waals surface area contributed by atoms with E-state index in [9.17, 15) is 0 Å². The molecule has 0 rings (SSSR count). The molecule has 0 fully saturated rings. The highest BCUT2D eigenvalue weighted by atomic mass is 28.3. The van der Waals surface area contributed by atoms with E-state index in [0.717, 1.165) is 12.8 Å². The summed E-state index contributed by atoms with van der Waals surface area (Å²) in [5, 5.41) is 8.26. The molecule has 0 aromatic carbocycles. The van der Waals surface area contributed by atoms with Crippen LogP contribution in [0.25, 0.3) is 0 Å². The van der Waals surface area contributed by atoms with Crippen molar-refractivity contribution < 1.29 is 0 Å². The molecule has 0 bridgehead atoms. The van der Waals surface area contributed by atoms with Gasteiger partial charge in [-0.25, -0.2) is 0 Å². The quantitative estimate of drug-likeness (QED) is 0.452. The first-order valence-electron chi connectivity index (χ1n) is 3.93. The van der Waals surface area contributed by atoms with E-state index in [2.05, 4.69) is 25.7 Å². The molecule has 0 aliphatic heterocycles. The maximum Gasteiger partial charge on any atom is 0.0621 e. The van der Waals surface area contributed by atoms with Gasteiger partial charge in [-0.05, 0) is 6.42 Å². The number of unbranched alkanes of at least 4 members (excludes halogenated alkanes) is 2. The Morgan fingerprint density at radius 2 is 1.80 bits per heavy atom. The van der Waals surface area contributed by atoms with Gasteiger partial charge < -0.3 is 0 Å². The van der Waals surface area contributed by atoms with Crippen molar-refractivity contribution in [3.63, 3.8) is 0 Å². The van der Waals surface area contributed by atoms with Gasteiger partial charge in [0.25, 0.3) is 0 Å². The molecule has 0 heterocycles. The van der Waals surface area contributed by atoms with Crippen LogP contribution in [-0.2, 0) is 0 Å². The zero-order valence-corrected chi connectivity index (χ0v) is 8.28. The van der Waals surface area contributed by atoms with Gasteiger partial charge in [-0.2, -0.15) is 5.26 Å². The molecule has 58 valence electrons. The standard InChI is InChI=1S/C8H17NSi/c1-10(2,3)8-6-4-5-7-9/h4-6,8H2,1-3H3. The minimum atomic E-state index is -0.817. The predicted molar refractivity (Wildman–Crippen MR) is 47.6 cm³/mol. The maximum absolute atomic E-state index is 8.26. The van der Waals surface area contributed by atoms with Crippen molar-refractivity contribution in [2.75, 3.05) is 0 Å². The maximum atomic E-state index is 8.26. The van der Waals surface area contributed by atoms with Crippen molar-refractivity contribution in [3.8, 4) is 6.07 Å². The highest BCUT2D eigenvalue weighted by Gasteiger charge is 2.10. The zero-order chi connectivity index (χ0) is 8.04. The van der Waals surface area contributed by atoms with Crippen LogP contribution in [-0.4, -0.2) is 8.07 Å². The summed E-state index contributed by atoms with van der Waals surface area (Å²) in [6, 6.07) is 3.54. The molecule has 0 amide bonds. The van der Waals surface area contributed by atoms with Gasteiger partial charge in [0.15, 0.2) is 0 Å². The second kappa shape index (κ2) is 4.51. The average Bonchev–Trinajstić information content (AvgIpc) is 1.78. The van der Waals surface area contributed by atoms with Gasteiger partial charge >= 0.3 is 0 Å². The Morgan fingerprint density at radius 1 is 1.20 bits per heavy atom. The Morgan fingerprint density at radius 3 is 2.20 bits per heavy atom. The fourth-order valence-electron chi connectivity index (χ4n) is 0.859. The van der Waals surface area contributed by atoms with Gasteiger partial charge in [0.2, 0.25) is 0 Å². The van der Waals surface area contributed by atoms with Crippen molar-refractivity contribution in [2.24, 2.45) is 0 Å². The second-order valence-corrected chi connectivity index (χ2v) is 9.55. The summed E-state index contributed by atoms with van der Waals surface area (Å²) in [6.07, 6.45) is 3.09. The first-order valence-corrected chi connectivity index (χ1v) is 7.64. The Balaban J connectivity index is 3.14. The van der Waals surface area contributed by atoms with Crippen molar-refractivity contribution in [1.82, 2.24) is 0 Å². The zero-order valence-electron chi connectivity index (χ0n) is 7.28. The van der Waals surface area contributed by atoms with Crippen molar-refractivity contribution in [2.45, 2.75) is 44.9 Å². The molecule has 0 spiro atoms. The molecule has 0 saturated carbocycles. The Hall–Kier alpha value is -0.293. The number of hydrogen-bond donors (Lipinski definition) is 0. The molecule has 0 aromatic rings. The van der Waals surface area contributed by atoms with E-state index < -0.39 is 8.07 Å². The fraction of sp³-hybridized carbons (Fsp3) is 0.875. The van der Waals surface area contributed by atoms with Crippen LogP contribution >= 0.6 is 0 Å². The number of nitriles is 1. The van der Waals surface area contributed by atoms with Gasteiger partial charge in [-0.1, -0.05) is 32.1 Å². The van der Waals surface area contributed by atoms with E-state index >= 15 is 0 Å². The van der Waals surface area contributed by atoms with Crippen LogP contribution in [0, 0.1) is 11.3 Å². The van der Waals surface area contributed by atoms with Crippen LogP contribution in [0.15, 0.2) is 0 Å². The summed E-state index contributed by atoms with van der Waals surface area (Å²) < 4.78 is 0. The molecular formula is C8H17NSi. The summed E-state index contributed by atoms with van der Waals surface area (Å²) in [7, 11) is -0.817. The molecule has 0 atom stereocenters. The summed E-state index contributed by atoms with van der Waals surface area (Å²) in [5.74, 6) is 0. The smallest absolute Gasteiger partial charge is 0.0621 e. The summed E-state index contributed by atoms with van der Waals surface area (Å²) in [4.78, 5) is 0. The first-order chi connectivity index (χ1) is 4.56. The molecule has 0 radical (unpaired) electrons. The average molecular weight is 155 g/mol. The third kappa shape index (κ3) is 7.71. The Labute approximate surface area is 65.1 Å². The SMILES string of the molecule is C[Si](C)(C)CCCCC#N. The van der Waals surface area contributed by atoms with Gasteiger partial charge in [0.1, 0.15) is 0 Å².